The van der Waals surface area contributed by atoms with E-state index >= 15 is 0 Å². The Kier molecular flexibility index (Phi) is 3.53. The molecule has 0 spiro atoms. The van der Waals surface area contributed by atoms with Crippen LogP contribution in [0.5, 0.6) is 0 Å². The average Bonchev–Trinajstić information content (AvgIpc) is 2.84. The quantitative estimate of drug-likeness (QED) is 0.635. The van der Waals surface area contributed by atoms with E-state index < -0.39 is 11.9 Å². The molecule has 0 saturated carbocycles. The zero-order valence-corrected chi connectivity index (χ0v) is 10.2. The molecule has 2 N–H and O–H groups in total. The van der Waals surface area contributed by atoms with E-state index in [1.165, 1.54) is 7.11 Å². The van der Waals surface area contributed by atoms with Crippen LogP contribution in [0.2, 0.25) is 0 Å². The maximum atomic E-state index is 11.7. The van der Waals surface area contributed by atoms with Crippen molar-refractivity contribution >= 4 is 22.8 Å². The number of H-pyrrole nitrogens is 1. The highest BCUT2D eigenvalue weighted by Gasteiger charge is 2.12. The highest BCUT2D eigenvalue weighted by molar-refractivity contribution is 6.04. The van der Waals surface area contributed by atoms with Gasteiger partial charge in [0.1, 0.15) is 6.42 Å². The normalized spacial score (nSPS) is 9.74. The number of rotatable bonds is 2. The summed E-state index contributed by atoms with van der Waals surface area (Å²) < 4.78 is 4.72. The van der Waals surface area contributed by atoms with Crippen LogP contribution in [0.4, 0.5) is 0 Å². The Morgan fingerprint density at radius 2 is 2.21 bits per heavy atom. The van der Waals surface area contributed by atoms with Crippen molar-refractivity contribution in [3.63, 3.8) is 0 Å². The van der Waals surface area contributed by atoms with Crippen molar-refractivity contribution in [2.24, 2.45) is 0 Å². The first-order valence-corrected chi connectivity index (χ1v) is 5.52. The average molecular weight is 257 g/mol. The number of carboxylic acid groups (broad SMARTS) is 1. The van der Waals surface area contributed by atoms with Crippen LogP contribution in [0.3, 0.4) is 0 Å². The standard InChI is InChI=1S/C14H11NO4/c1-19-14(18)11-7-9(3-2-4-13(16)17)8-12-10(11)5-6-15-12/h5-8,15H,4H2,1H3,(H,16,17). The lowest BCUT2D eigenvalue weighted by Gasteiger charge is -2.02. The summed E-state index contributed by atoms with van der Waals surface area (Å²) in [7, 11) is 1.31. The van der Waals surface area contributed by atoms with Crippen LogP contribution in [-0.2, 0) is 9.53 Å². The minimum atomic E-state index is -0.985. The third-order valence-electron chi connectivity index (χ3n) is 2.55. The molecule has 5 nitrogen and oxygen atoms in total. The molecule has 0 unspecified atom stereocenters. The fourth-order valence-corrected chi connectivity index (χ4v) is 1.74. The van der Waals surface area contributed by atoms with Crippen LogP contribution >= 0.6 is 0 Å². The zero-order chi connectivity index (χ0) is 13.8. The number of carbonyl (C=O) groups is 2. The van der Waals surface area contributed by atoms with Gasteiger partial charge in [0.05, 0.1) is 12.7 Å². The van der Waals surface area contributed by atoms with Gasteiger partial charge < -0.3 is 14.8 Å². The first-order valence-electron chi connectivity index (χ1n) is 5.52. The fourth-order valence-electron chi connectivity index (χ4n) is 1.74. The SMILES string of the molecule is COC(=O)c1cc(C#CCC(=O)O)cc2[nH]ccc12. The lowest BCUT2D eigenvalue weighted by molar-refractivity contribution is -0.135. The summed E-state index contributed by atoms with van der Waals surface area (Å²) in [6.45, 7) is 0. The fraction of sp³-hybridized carbons (Fsp3) is 0.143. The first-order chi connectivity index (χ1) is 9.11. The summed E-state index contributed by atoms with van der Waals surface area (Å²) in [4.78, 5) is 25.1. The Balaban J connectivity index is 2.48. The zero-order valence-electron chi connectivity index (χ0n) is 10.2. The van der Waals surface area contributed by atoms with E-state index in [2.05, 4.69) is 16.8 Å². The van der Waals surface area contributed by atoms with Crippen LogP contribution in [0.25, 0.3) is 10.9 Å². The third kappa shape index (κ3) is 2.75. The number of nitrogens with one attached hydrogen (secondary N) is 1. The number of carbonyl (C=O) groups excluding carboxylic acids is 1. The number of fused-ring (bicyclic) bond motifs is 1. The van der Waals surface area contributed by atoms with Gasteiger partial charge in [-0.1, -0.05) is 11.8 Å². The molecule has 0 saturated heterocycles. The topological polar surface area (TPSA) is 79.4 Å². The highest BCUT2D eigenvalue weighted by atomic mass is 16.5. The molecule has 0 fully saturated rings. The monoisotopic (exact) mass is 257 g/mol. The predicted octanol–water partition coefficient (Wildman–Crippen LogP) is 1.78. The van der Waals surface area contributed by atoms with E-state index in [0.717, 1.165) is 10.9 Å². The summed E-state index contributed by atoms with van der Waals surface area (Å²) in [5, 5.41) is 9.27. The number of aromatic nitrogens is 1. The molecular formula is C14H11NO4. The van der Waals surface area contributed by atoms with Crippen molar-refractivity contribution in [1.29, 1.82) is 0 Å². The molecule has 0 aliphatic carbocycles. The van der Waals surface area contributed by atoms with Gasteiger partial charge in [0.2, 0.25) is 0 Å². The van der Waals surface area contributed by atoms with Gasteiger partial charge in [0, 0.05) is 22.7 Å². The van der Waals surface area contributed by atoms with Gasteiger partial charge in [-0.25, -0.2) is 4.79 Å². The summed E-state index contributed by atoms with van der Waals surface area (Å²) in [6, 6.07) is 5.13. The molecule has 2 rings (SSSR count). The van der Waals surface area contributed by atoms with Crippen molar-refractivity contribution in [3.05, 3.63) is 35.5 Å². The molecule has 0 amide bonds. The van der Waals surface area contributed by atoms with Crippen molar-refractivity contribution in [3.8, 4) is 11.8 Å². The van der Waals surface area contributed by atoms with E-state index in [1.54, 1.807) is 24.4 Å². The minimum absolute atomic E-state index is 0.240. The van der Waals surface area contributed by atoms with Gasteiger partial charge in [-0.05, 0) is 18.2 Å². The molecule has 19 heavy (non-hydrogen) atoms. The maximum absolute atomic E-state index is 11.7. The number of aromatic amines is 1. The largest absolute Gasteiger partial charge is 0.481 e. The molecule has 5 heteroatoms. The van der Waals surface area contributed by atoms with Crippen molar-refractivity contribution in [2.45, 2.75) is 6.42 Å². The molecule has 0 radical (unpaired) electrons. The summed E-state index contributed by atoms with van der Waals surface area (Å²) >= 11 is 0. The second-order valence-electron chi connectivity index (χ2n) is 3.83. The van der Waals surface area contributed by atoms with E-state index in [9.17, 15) is 9.59 Å². The lowest BCUT2D eigenvalue weighted by Crippen LogP contribution is -2.02. The van der Waals surface area contributed by atoms with Gasteiger partial charge in [0.25, 0.3) is 0 Å². The van der Waals surface area contributed by atoms with E-state index in [0.29, 0.717) is 11.1 Å². The van der Waals surface area contributed by atoms with Crippen molar-refractivity contribution in [1.82, 2.24) is 4.98 Å². The second-order valence-corrected chi connectivity index (χ2v) is 3.83. The van der Waals surface area contributed by atoms with E-state index in [4.69, 9.17) is 9.84 Å². The van der Waals surface area contributed by atoms with Gasteiger partial charge in [0.15, 0.2) is 0 Å². The minimum Gasteiger partial charge on any atom is -0.481 e. The van der Waals surface area contributed by atoms with E-state index in [-0.39, 0.29) is 6.42 Å². The molecular weight excluding hydrogens is 246 g/mol. The third-order valence-corrected chi connectivity index (χ3v) is 2.55. The number of hydrogen-bond donors (Lipinski definition) is 2. The molecule has 96 valence electrons. The number of hydrogen-bond acceptors (Lipinski definition) is 3. The number of carboxylic acids is 1. The van der Waals surface area contributed by atoms with Crippen molar-refractivity contribution in [2.75, 3.05) is 7.11 Å². The second kappa shape index (κ2) is 5.27. The predicted molar refractivity (Wildman–Crippen MR) is 68.8 cm³/mol. The van der Waals surface area contributed by atoms with Gasteiger partial charge in [-0.15, -0.1) is 0 Å². The van der Waals surface area contributed by atoms with Crippen LogP contribution in [0, 0.1) is 11.8 Å². The van der Waals surface area contributed by atoms with Gasteiger partial charge >= 0.3 is 11.9 Å². The maximum Gasteiger partial charge on any atom is 0.338 e. The lowest BCUT2D eigenvalue weighted by atomic mass is 10.1. The smallest absolute Gasteiger partial charge is 0.338 e. The molecule has 1 heterocycles. The molecule has 0 aliphatic heterocycles. The Hall–Kier alpha value is -2.74. The van der Waals surface area contributed by atoms with Crippen LogP contribution in [0.15, 0.2) is 24.4 Å². The first kappa shape index (κ1) is 12.7. The Morgan fingerprint density at radius 3 is 2.89 bits per heavy atom. The molecule has 2 aromatic rings. The summed E-state index contributed by atoms with van der Waals surface area (Å²) in [5.74, 6) is 3.81. The Morgan fingerprint density at radius 1 is 1.42 bits per heavy atom. The van der Waals surface area contributed by atoms with Crippen LogP contribution in [-0.4, -0.2) is 29.1 Å². The molecule has 1 aromatic heterocycles. The molecule has 1 aromatic carbocycles. The number of esters is 1. The Labute approximate surface area is 109 Å². The summed E-state index contributed by atoms with van der Waals surface area (Å²) in [6.07, 6.45) is 1.47. The molecule has 0 aliphatic rings. The van der Waals surface area contributed by atoms with Gasteiger partial charge in [-0.2, -0.15) is 0 Å². The van der Waals surface area contributed by atoms with Crippen LogP contribution in [0.1, 0.15) is 22.3 Å². The number of benzene rings is 1. The summed E-state index contributed by atoms with van der Waals surface area (Å²) in [5.41, 5.74) is 1.72. The van der Waals surface area contributed by atoms with Crippen molar-refractivity contribution < 1.29 is 19.4 Å². The van der Waals surface area contributed by atoms with Gasteiger partial charge in [-0.3, -0.25) is 4.79 Å². The number of ether oxygens (including phenoxy) is 1. The highest BCUT2D eigenvalue weighted by Crippen LogP contribution is 2.20. The number of aliphatic carboxylic acids is 1. The van der Waals surface area contributed by atoms with E-state index in [1.807, 2.05) is 0 Å². The van der Waals surface area contributed by atoms with Crippen LogP contribution < -0.4 is 0 Å². The Bertz CT molecular complexity index is 703. The number of methoxy groups -OCH3 is 1. The molecule has 0 bridgehead atoms. The molecule has 0 atom stereocenters.